The zero-order chi connectivity index (χ0) is 18.9. The van der Waals surface area contributed by atoms with E-state index in [-0.39, 0.29) is 24.0 Å². The van der Waals surface area contributed by atoms with Crippen LogP contribution in [0.15, 0.2) is 65.5 Å². The lowest BCUT2D eigenvalue weighted by atomic mass is 10.1. The van der Waals surface area contributed by atoms with Crippen LogP contribution in [0.25, 0.3) is 0 Å². The van der Waals surface area contributed by atoms with Crippen LogP contribution in [-0.4, -0.2) is 29.1 Å². The average Bonchev–Trinajstić information content (AvgIpc) is 3.37. The zero-order valence-electron chi connectivity index (χ0n) is 16.3. The van der Waals surface area contributed by atoms with Gasteiger partial charge in [-0.05, 0) is 34.9 Å². The van der Waals surface area contributed by atoms with Gasteiger partial charge in [0.15, 0.2) is 5.96 Å². The van der Waals surface area contributed by atoms with Crippen molar-refractivity contribution in [2.75, 3.05) is 13.6 Å². The molecule has 0 bridgehead atoms. The zero-order valence-corrected chi connectivity index (χ0v) is 19.5. The molecule has 5 nitrogen and oxygen atoms in total. The highest BCUT2D eigenvalue weighted by Crippen LogP contribution is 2.13. The number of hydrogen-bond acceptors (Lipinski definition) is 3. The molecule has 0 radical (unpaired) electrons. The fourth-order valence-corrected chi connectivity index (χ4v) is 3.75. The van der Waals surface area contributed by atoms with Crippen LogP contribution in [0.3, 0.4) is 0 Å². The molecule has 0 saturated carbocycles. The highest BCUT2D eigenvalue weighted by molar-refractivity contribution is 14.0. The summed E-state index contributed by atoms with van der Waals surface area (Å²) in [7, 11) is 1.81. The summed E-state index contributed by atoms with van der Waals surface area (Å²) in [5, 5.41) is 8.95. The number of hydrogen-bond donors (Lipinski definition) is 2. The molecule has 1 aromatic carbocycles. The van der Waals surface area contributed by atoms with Gasteiger partial charge in [0.1, 0.15) is 0 Å². The van der Waals surface area contributed by atoms with Gasteiger partial charge in [0, 0.05) is 44.0 Å². The fourth-order valence-electron chi connectivity index (χ4n) is 2.88. The highest BCUT2D eigenvalue weighted by Gasteiger charge is 2.06. The second kappa shape index (κ2) is 11.9. The minimum atomic E-state index is 0. The number of rotatable bonds is 8. The molecule has 3 aromatic rings. The summed E-state index contributed by atoms with van der Waals surface area (Å²) in [6.07, 6.45) is 6.72. The molecule has 150 valence electrons. The Balaban J connectivity index is 0.00000280. The predicted molar refractivity (Wildman–Crippen MR) is 129 cm³/mol. The van der Waals surface area contributed by atoms with Gasteiger partial charge in [-0.15, -0.1) is 35.3 Å². The molecule has 0 amide bonds. The van der Waals surface area contributed by atoms with E-state index in [4.69, 9.17) is 0 Å². The van der Waals surface area contributed by atoms with Gasteiger partial charge in [0.25, 0.3) is 0 Å². The number of thiophene rings is 1. The largest absolute Gasteiger partial charge is 0.356 e. The smallest absolute Gasteiger partial charge is 0.191 e. The molecule has 1 unspecified atom stereocenters. The summed E-state index contributed by atoms with van der Waals surface area (Å²) in [5.74, 6) is 1.40. The van der Waals surface area contributed by atoms with Crippen molar-refractivity contribution >= 4 is 41.3 Å². The van der Waals surface area contributed by atoms with E-state index in [2.05, 4.69) is 73.9 Å². The summed E-state index contributed by atoms with van der Waals surface area (Å²) in [6, 6.07) is 13.0. The lowest BCUT2D eigenvalue weighted by Gasteiger charge is -2.16. The van der Waals surface area contributed by atoms with E-state index in [1.54, 1.807) is 6.20 Å². The normalized spacial score (nSPS) is 12.3. The molecule has 3 rings (SSSR count). The van der Waals surface area contributed by atoms with Crippen molar-refractivity contribution < 1.29 is 0 Å². The molecule has 28 heavy (non-hydrogen) atoms. The number of guanidine groups is 1. The number of nitrogens with one attached hydrogen (secondary N) is 2. The molecule has 1 atom stereocenters. The van der Waals surface area contributed by atoms with E-state index in [1.165, 1.54) is 16.0 Å². The molecule has 0 aliphatic carbocycles. The molecule has 0 fully saturated rings. The van der Waals surface area contributed by atoms with Crippen LogP contribution in [-0.2, 0) is 19.5 Å². The summed E-state index contributed by atoms with van der Waals surface area (Å²) < 4.78 is 2.07. The topological polar surface area (TPSA) is 54.2 Å². The number of aromatic nitrogens is 2. The second-order valence-corrected chi connectivity index (χ2v) is 7.78. The molecular formula is C21H28IN5S. The average molecular weight is 509 g/mol. The molecule has 7 heteroatoms. The van der Waals surface area contributed by atoms with Gasteiger partial charge in [0.05, 0.1) is 6.33 Å². The summed E-state index contributed by atoms with van der Waals surface area (Å²) in [4.78, 5) is 9.84. The Morgan fingerprint density at radius 1 is 1.18 bits per heavy atom. The van der Waals surface area contributed by atoms with Crippen molar-refractivity contribution in [3.63, 3.8) is 0 Å². The Hall–Kier alpha value is -1.87. The van der Waals surface area contributed by atoms with Crippen LogP contribution >= 0.6 is 35.3 Å². The Kier molecular flexibility index (Phi) is 9.49. The molecule has 0 aliphatic rings. The first kappa shape index (κ1) is 22.4. The van der Waals surface area contributed by atoms with Crippen molar-refractivity contribution in [1.29, 1.82) is 0 Å². The van der Waals surface area contributed by atoms with E-state index < -0.39 is 0 Å². The quantitative estimate of drug-likeness (QED) is 0.273. The van der Waals surface area contributed by atoms with E-state index in [9.17, 15) is 0 Å². The van der Waals surface area contributed by atoms with E-state index >= 15 is 0 Å². The lowest BCUT2D eigenvalue weighted by Crippen LogP contribution is -2.39. The number of nitrogens with zero attached hydrogens (tertiary/aromatic N) is 3. The van der Waals surface area contributed by atoms with Crippen molar-refractivity contribution in [1.82, 2.24) is 20.2 Å². The van der Waals surface area contributed by atoms with Gasteiger partial charge in [0.2, 0.25) is 0 Å². The van der Waals surface area contributed by atoms with Gasteiger partial charge < -0.3 is 15.2 Å². The molecule has 2 N–H and O–H groups in total. The van der Waals surface area contributed by atoms with Gasteiger partial charge in [-0.25, -0.2) is 4.98 Å². The molecule has 0 aliphatic heterocycles. The molecular weight excluding hydrogens is 481 g/mol. The Morgan fingerprint density at radius 3 is 2.61 bits per heavy atom. The molecule has 2 heterocycles. The van der Waals surface area contributed by atoms with Crippen LogP contribution in [0.1, 0.15) is 22.9 Å². The van der Waals surface area contributed by atoms with E-state index in [1.807, 2.05) is 30.9 Å². The first-order valence-corrected chi connectivity index (χ1v) is 10.1. The molecule has 2 aromatic heterocycles. The SMILES string of the molecule is CN=C(NCc1ccc(Cn2ccnc2)cc1)NCC(C)Cc1cccs1.I. The summed E-state index contributed by atoms with van der Waals surface area (Å²) in [6.45, 7) is 4.77. The Bertz CT molecular complexity index is 813. The summed E-state index contributed by atoms with van der Waals surface area (Å²) >= 11 is 1.82. The Labute approximate surface area is 188 Å². The molecule has 0 saturated heterocycles. The predicted octanol–water partition coefficient (Wildman–Crippen LogP) is 4.15. The maximum Gasteiger partial charge on any atom is 0.191 e. The van der Waals surface area contributed by atoms with Gasteiger partial charge in [-0.2, -0.15) is 0 Å². The highest BCUT2D eigenvalue weighted by atomic mass is 127. The third-order valence-electron chi connectivity index (χ3n) is 4.38. The van der Waals surface area contributed by atoms with Crippen molar-refractivity contribution in [2.24, 2.45) is 10.9 Å². The minimum Gasteiger partial charge on any atom is -0.356 e. The van der Waals surface area contributed by atoms with Crippen LogP contribution in [0.4, 0.5) is 0 Å². The van der Waals surface area contributed by atoms with Crippen molar-refractivity contribution in [3.05, 3.63) is 76.5 Å². The molecule has 0 spiro atoms. The minimum absolute atomic E-state index is 0. The van der Waals surface area contributed by atoms with Crippen LogP contribution in [0.2, 0.25) is 0 Å². The van der Waals surface area contributed by atoms with Gasteiger partial charge >= 0.3 is 0 Å². The van der Waals surface area contributed by atoms with Gasteiger partial charge in [-0.3, -0.25) is 4.99 Å². The summed E-state index contributed by atoms with van der Waals surface area (Å²) in [5.41, 5.74) is 2.50. The number of halogens is 1. The Morgan fingerprint density at radius 2 is 1.96 bits per heavy atom. The monoisotopic (exact) mass is 509 g/mol. The van der Waals surface area contributed by atoms with Crippen LogP contribution in [0.5, 0.6) is 0 Å². The van der Waals surface area contributed by atoms with Gasteiger partial charge in [-0.1, -0.05) is 37.3 Å². The number of benzene rings is 1. The van der Waals surface area contributed by atoms with E-state index in [0.717, 1.165) is 32.0 Å². The lowest BCUT2D eigenvalue weighted by molar-refractivity contribution is 0.562. The van der Waals surface area contributed by atoms with E-state index in [0.29, 0.717) is 5.92 Å². The fraction of sp³-hybridized carbons (Fsp3) is 0.333. The third-order valence-corrected chi connectivity index (χ3v) is 5.28. The van der Waals surface area contributed by atoms with Crippen LogP contribution < -0.4 is 10.6 Å². The van der Waals surface area contributed by atoms with Crippen LogP contribution in [0, 0.1) is 5.92 Å². The maximum atomic E-state index is 4.33. The first-order chi connectivity index (χ1) is 13.2. The number of aliphatic imine (C=N–C) groups is 1. The van der Waals surface area contributed by atoms with Crippen molar-refractivity contribution in [2.45, 2.75) is 26.4 Å². The maximum absolute atomic E-state index is 4.33. The standard InChI is InChI=1S/C21H27N5S.HI/c1-17(12-20-4-3-11-27-20)13-24-21(22-2)25-14-18-5-7-19(8-6-18)15-26-10-9-23-16-26;/h3-11,16-17H,12-15H2,1-2H3,(H2,22,24,25);1H. The first-order valence-electron chi connectivity index (χ1n) is 9.23. The number of imidazole rings is 1. The van der Waals surface area contributed by atoms with Crippen molar-refractivity contribution in [3.8, 4) is 0 Å². The second-order valence-electron chi connectivity index (χ2n) is 6.75. The third kappa shape index (κ3) is 7.27.